The van der Waals surface area contributed by atoms with E-state index in [1.807, 2.05) is 6.92 Å². The molecule has 1 rings (SSSR count). The molecule has 0 aromatic carbocycles. The highest BCUT2D eigenvalue weighted by Crippen LogP contribution is 2.21. The molecule has 23 heavy (non-hydrogen) atoms. The maximum absolute atomic E-state index is 12.3. The minimum absolute atomic E-state index is 0.0457. The van der Waals surface area contributed by atoms with Crippen LogP contribution >= 0.6 is 0 Å². The van der Waals surface area contributed by atoms with Crippen molar-refractivity contribution in [2.75, 3.05) is 18.8 Å². The van der Waals surface area contributed by atoms with Gasteiger partial charge in [0.15, 0.2) is 0 Å². The molecule has 1 atom stereocenters. The molecule has 0 radical (unpaired) electrons. The number of carbonyl (C=O) groups excluding carboxylic acids is 1. The molecule has 0 bridgehead atoms. The van der Waals surface area contributed by atoms with Crippen molar-refractivity contribution in [1.82, 2.24) is 9.62 Å². The predicted molar refractivity (Wildman–Crippen MR) is 94.7 cm³/mol. The molecule has 1 aliphatic rings. The quantitative estimate of drug-likeness (QED) is 0.698. The van der Waals surface area contributed by atoms with Gasteiger partial charge in [-0.05, 0) is 38.5 Å². The summed E-state index contributed by atoms with van der Waals surface area (Å²) in [6.07, 6.45) is 5.23. The Morgan fingerprint density at radius 1 is 1.17 bits per heavy atom. The minimum atomic E-state index is -3.12. The Morgan fingerprint density at radius 2 is 1.78 bits per heavy atom. The number of amides is 1. The zero-order valence-electron chi connectivity index (χ0n) is 15.2. The van der Waals surface area contributed by atoms with Gasteiger partial charge in [-0.1, -0.05) is 33.6 Å². The van der Waals surface area contributed by atoms with Crippen LogP contribution in [0.25, 0.3) is 0 Å². The van der Waals surface area contributed by atoms with E-state index in [0.717, 1.165) is 12.8 Å². The number of nitrogens with one attached hydrogen (secondary N) is 1. The van der Waals surface area contributed by atoms with Crippen LogP contribution in [0.15, 0.2) is 0 Å². The zero-order chi connectivity index (χ0) is 17.5. The SMILES string of the molecule is CCCS(=O)(=O)N1CCC(C(=O)NC(C)CCCC(C)C)CC1. The van der Waals surface area contributed by atoms with E-state index in [0.29, 0.717) is 38.3 Å². The van der Waals surface area contributed by atoms with E-state index in [-0.39, 0.29) is 23.6 Å². The molecule has 6 heteroatoms. The molecule has 1 saturated heterocycles. The summed E-state index contributed by atoms with van der Waals surface area (Å²) in [5, 5.41) is 3.10. The average molecular weight is 347 g/mol. The van der Waals surface area contributed by atoms with Crippen molar-refractivity contribution in [3.63, 3.8) is 0 Å². The molecule has 0 spiro atoms. The van der Waals surface area contributed by atoms with Crippen LogP contribution in [0.2, 0.25) is 0 Å². The summed E-state index contributed by atoms with van der Waals surface area (Å²) in [4.78, 5) is 12.3. The Balaban J connectivity index is 2.35. The normalized spacial score (nSPS) is 19.0. The van der Waals surface area contributed by atoms with Gasteiger partial charge in [-0.25, -0.2) is 12.7 Å². The van der Waals surface area contributed by atoms with E-state index in [9.17, 15) is 13.2 Å². The molecule has 1 aliphatic heterocycles. The van der Waals surface area contributed by atoms with Crippen LogP contribution in [0, 0.1) is 11.8 Å². The van der Waals surface area contributed by atoms with Crippen molar-refractivity contribution in [1.29, 1.82) is 0 Å². The van der Waals surface area contributed by atoms with Crippen LogP contribution in [-0.2, 0) is 14.8 Å². The number of hydrogen-bond donors (Lipinski definition) is 1. The number of hydrogen-bond acceptors (Lipinski definition) is 3. The second kappa shape index (κ2) is 9.62. The lowest BCUT2D eigenvalue weighted by molar-refractivity contribution is -0.126. The van der Waals surface area contributed by atoms with Crippen molar-refractivity contribution in [3.8, 4) is 0 Å². The number of nitrogens with zero attached hydrogens (tertiary/aromatic N) is 1. The second-order valence-electron chi connectivity index (χ2n) is 7.22. The summed E-state index contributed by atoms with van der Waals surface area (Å²) in [5.41, 5.74) is 0. The van der Waals surface area contributed by atoms with Gasteiger partial charge < -0.3 is 5.32 Å². The molecule has 1 unspecified atom stereocenters. The molecule has 0 aliphatic carbocycles. The predicted octanol–water partition coefficient (Wildman–Crippen LogP) is 2.77. The largest absolute Gasteiger partial charge is 0.353 e. The summed E-state index contributed by atoms with van der Waals surface area (Å²) >= 11 is 0. The van der Waals surface area contributed by atoms with E-state index >= 15 is 0 Å². The molecule has 136 valence electrons. The van der Waals surface area contributed by atoms with Crippen LogP contribution in [0.5, 0.6) is 0 Å². The molecular formula is C17H34N2O3S. The molecule has 5 nitrogen and oxygen atoms in total. The topological polar surface area (TPSA) is 66.5 Å². The highest BCUT2D eigenvalue weighted by molar-refractivity contribution is 7.89. The standard InChI is InChI=1S/C17H34N2O3S/c1-5-13-23(21,22)19-11-9-16(10-12-19)17(20)18-15(4)8-6-7-14(2)3/h14-16H,5-13H2,1-4H3,(H,18,20). The third-order valence-electron chi connectivity index (χ3n) is 4.49. The number of rotatable bonds is 9. The fourth-order valence-electron chi connectivity index (χ4n) is 3.05. The number of sulfonamides is 1. The van der Waals surface area contributed by atoms with Crippen molar-refractivity contribution in [3.05, 3.63) is 0 Å². The highest BCUT2D eigenvalue weighted by atomic mass is 32.2. The molecule has 1 heterocycles. The molecule has 1 amide bonds. The van der Waals surface area contributed by atoms with E-state index in [1.54, 1.807) is 4.31 Å². The average Bonchev–Trinajstić information content (AvgIpc) is 2.46. The first kappa shape index (κ1) is 20.4. The number of carbonyl (C=O) groups is 1. The third kappa shape index (κ3) is 7.21. The van der Waals surface area contributed by atoms with Gasteiger partial charge in [-0.2, -0.15) is 0 Å². The maximum atomic E-state index is 12.3. The van der Waals surface area contributed by atoms with Crippen LogP contribution < -0.4 is 5.32 Å². The summed E-state index contributed by atoms with van der Waals surface area (Å²) in [6.45, 7) is 9.30. The van der Waals surface area contributed by atoms with Crippen molar-refractivity contribution in [2.24, 2.45) is 11.8 Å². The van der Waals surface area contributed by atoms with Gasteiger partial charge in [0.1, 0.15) is 0 Å². The highest BCUT2D eigenvalue weighted by Gasteiger charge is 2.30. The van der Waals surface area contributed by atoms with Crippen LogP contribution in [-0.4, -0.2) is 43.5 Å². The summed E-state index contributed by atoms with van der Waals surface area (Å²) in [6, 6.07) is 0.197. The molecule has 0 saturated carbocycles. The van der Waals surface area contributed by atoms with Gasteiger partial charge in [0.2, 0.25) is 15.9 Å². The molecule has 0 aromatic rings. The van der Waals surface area contributed by atoms with Crippen molar-refractivity contribution in [2.45, 2.75) is 72.3 Å². The van der Waals surface area contributed by atoms with Gasteiger partial charge in [-0.3, -0.25) is 4.79 Å². The Kier molecular flexibility index (Phi) is 8.54. The van der Waals surface area contributed by atoms with Gasteiger partial charge >= 0.3 is 0 Å². The molecular weight excluding hydrogens is 312 g/mol. The maximum Gasteiger partial charge on any atom is 0.223 e. The fourth-order valence-corrected chi connectivity index (χ4v) is 4.59. The molecule has 1 fully saturated rings. The van der Waals surface area contributed by atoms with Gasteiger partial charge in [0.25, 0.3) is 0 Å². The third-order valence-corrected chi connectivity index (χ3v) is 6.56. The lowest BCUT2D eigenvalue weighted by atomic mass is 9.96. The lowest BCUT2D eigenvalue weighted by Gasteiger charge is -2.31. The Labute approximate surface area is 142 Å². The van der Waals surface area contributed by atoms with Crippen molar-refractivity contribution >= 4 is 15.9 Å². The fraction of sp³-hybridized carbons (Fsp3) is 0.941. The number of piperidine rings is 1. The molecule has 0 aromatic heterocycles. The van der Waals surface area contributed by atoms with Gasteiger partial charge in [0, 0.05) is 25.0 Å². The monoisotopic (exact) mass is 346 g/mol. The van der Waals surface area contributed by atoms with E-state index in [1.165, 1.54) is 6.42 Å². The Bertz CT molecular complexity index is 454. The zero-order valence-corrected chi connectivity index (χ0v) is 16.0. The smallest absolute Gasteiger partial charge is 0.223 e. The molecule has 1 N–H and O–H groups in total. The van der Waals surface area contributed by atoms with E-state index < -0.39 is 10.0 Å². The Hall–Kier alpha value is -0.620. The minimum Gasteiger partial charge on any atom is -0.353 e. The lowest BCUT2D eigenvalue weighted by Crippen LogP contribution is -2.45. The van der Waals surface area contributed by atoms with Crippen molar-refractivity contribution < 1.29 is 13.2 Å². The first-order valence-corrected chi connectivity index (χ1v) is 10.6. The van der Waals surface area contributed by atoms with Gasteiger partial charge in [0.05, 0.1) is 5.75 Å². The van der Waals surface area contributed by atoms with Crippen LogP contribution in [0.4, 0.5) is 0 Å². The first-order chi connectivity index (χ1) is 10.8. The first-order valence-electron chi connectivity index (χ1n) is 9.04. The summed E-state index contributed by atoms with van der Waals surface area (Å²) in [5.74, 6) is 0.953. The van der Waals surface area contributed by atoms with Crippen LogP contribution in [0.3, 0.4) is 0 Å². The van der Waals surface area contributed by atoms with E-state index in [2.05, 4.69) is 26.1 Å². The van der Waals surface area contributed by atoms with E-state index in [4.69, 9.17) is 0 Å². The second-order valence-corrected chi connectivity index (χ2v) is 9.31. The van der Waals surface area contributed by atoms with Crippen LogP contribution in [0.1, 0.15) is 66.2 Å². The summed E-state index contributed by atoms with van der Waals surface area (Å²) < 4.78 is 25.6. The van der Waals surface area contributed by atoms with Gasteiger partial charge in [-0.15, -0.1) is 0 Å². The summed E-state index contributed by atoms with van der Waals surface area (Å²) in [7, 11) is -3.12. The Morgan fingerprint density at radius 3 is 2.30 bits per heavy atom.